The molecule has 2 aromatic rings. The largest absolute Gasteiger partial charge is 0.420 e. The molecule has 1 aliphatic rings. The normalized spacial score (nSPS) is 16.7. The van der Waals surface area contributed by atoms with Crippen molar-refractivity contribution in [2.24, 2.45) is 0 Å². The Morgan fingerprint density at radius 2 is 1.95 bits per heavy atom. The zero-order valence-electron chi connectivity index (χ0n) is 10.4. The summed E-state index contributed by atoms with van der Waals surface area (Å²) in [5.41, 5.74) is 0.351. The first-order valence-corrected chi connectivity index (χ1v) is 7.32. The molecule has 1 heterocycles. The van der Waals surface area contributed by atoms with Crippen molar-refractivity contribution >= 4 is 15.9 Å². The van der Waals surface area contributed by atoms with E-state index in [0.717, 1.165) is 17.3 Å². The predicted octanol–water partition coefficient (Wildman–Crippen LogP) is 4.69. The van der Waals surface area contributed by atoms with Crippen LogP contribution in [0.25, 0.3) is 11.5 Å². The maximum absolute atomic E-state index is 13.8. The first-order valence-electron chi connectivity index (χ1n) is 6.53. The Kier molecular flexibility index (Phi) is 3.64. The molecule has 0 amide bonds. The molecule has 19 heavy (non-hydrogen) atoms. The maximum Gasteiger partial charge on any atom is 0.250 e. The average molecular weight is 325 g/mol. The van der Waals surface area contributed by atoms with Gasteiger partial charge in [-0.3, -0.25) is 0 Å². The third-order valence-electron chi connectivity index (χ3n) is 3.55. The van der Waals surface area contributed by atoms with Crippen molar-refractivity contribution in [1.29, 1.82) is 0 Å². The Bertz CT molecular complexity index is 579. The first kappa shape index (κ1) is 12.8. The van der Waals surface area contributed by atoms with Gasteiger partial charge in [-0.2, -0.15) is 0 Å². The number of aromatic nitrogens is 2. The highest BCUT2D eigenvalue weighted by molar-refractivity contribution is 9.10. The molecule has 0 aliphatic heterocycles. The number of hydrogen-bond donors (Lipinski definition) is 0. The SMILES string of the molecule is Fc1ccc(Br)cc1-c1nnc(C2CCCCC2)o1. The van der Waals surface area contributed by atoms with E-state index in [-0.39, 0.29) is 11.7 Å². The number of hydrogen-bond acceptors (Lipinski definition) is 3. The second kappa shape index (κ2) is 5.41. The molecule has 0 radical (unpaired) electrons. The summed E-state index contributed by atoms with van der Waals surface area (Å²) in [6.07, 6.45) is 5.85. The topological polar surface area (TPSA) is 38.9 Å². The van der Waals surface area contributed by atoms with Gasteiger partial charge in [0.2, 0.25) is 5.89 Å². The van der Waals surface area contributed by atoms with Gasteiger partial charge in [-0.25, -0.2) is 4.39 Å². The molecule has 0 saturated heterocycles. The van der Waals surface area contributed by atoms with Gasteiger partial charge in [0.1, 0.15) is 5.82 Å². The van der Waals surface area contributed by atoms with Gasteiger partial charge < -0.3 is 4.42 Å². The van der Waals surface area contributed by atoms with E-state index in [2.05, 4.69) is 26.1 Å². The molecule has 1 aliphatic carbocycles. The number of nitrogens with zero attached hydrogens (tertiary/aromatic N) is 2. The second-order valence-corrected chi connectivity index (χ2v) is 5.82. The van der Waals surface area contributed by atoms with Gasteiger partial charge >= 0.3 is 0 Å². The zero-order chi connectivity index (χ0) is 13.2. The Morgan fingerprint density at radius 3 is 2.74 bits per heavy atom. The van der Waals surface area contributed by atoms with Crippen LogP contribution in [0.2, 0.25) is 0 Å². The Morgan fingerprint density at radius 1 is 1.16 bits per heavy atom. The minimum Gasteiger partial charge on any atom is -0.420 e. The molecular weight excluding hydrogens is 311 g/mol. The second-order valence-electron chi connectivity index (χ2n) is 4.90. The standard InChI is InChI=1S/C14H14BrFN2O/c15-10-6-7-12(16)11(8-10)14-18-17-13(19-14)9-4-2-1-3-5-9/h6-9H,1-5H2. The molecule has 3 nitrogen and oxygen atoms in total. The van der Waals surface area contributed by atoms with E-state index in [9.17, 15) is 4.39 Å². The Labute approximate surface area is 119 Å². The molecule has 3 rings (SSSR count). The molecular formula is C14H14BrFN2O. The van der Waals surface area contributed by atoms with E-state index < -0.39 is 0 Å². The van der Waals surface area contributed by atoms with Crippen molar-refractivity contribution in [3.63, 3.8) is 0 Å². The summed E-state index contributed by atoms with van der Waals surface area (Å²) in [7, 11) is 0. The van der Waals surface area contributed by atoms with E-state index in [1.165, 1.54) is 25.3 Å². The summed E-state index contributed by atoms with van der Waals surface area (Å²) < 4.78 is 20.2. The minimum absolute atomic E-state index is 0.263. The van der Waals surface area contributed by atoms with Crippen LogP contribution >= 0.6 is 15.9 Å². The van der Waals surface area contributed by atoms with E-state index >= 15 is 0 Å². The zero-order valence-corrected chi connectivity index (χ0v) is 12.0. The molecule has 0 spiro atoms. The summed E-state index contributed by atoms with van der Waals surface area (Å²) in [6, 6.07) is 4.70. The Hall–Kier alpha value is -1.23. The van der Waals surface area contributed by atoms with E-state index in [1.54, 1.807) is 12.1 Å². The molecule has 0 unspecified atom stereocenters. The third-order valence-corrected chi connectivity index (χ3v) is 4.05. The molecule has 1 aromatic carbocycles. The highest BCUT2D eigenvalue weighted by Crippen LogP contribution is 2.33. The monoisotopic (exact) mass is 324 g/mol. The van der Waals surface area contributed by atoms with Crippen LogP contribution in [0, 0.1) is 5.82 Å². The smallest absolute Gasteiger partial charge is 0.250 e. The summed E-state index contributed by atoms with van der Waals surface area (Å²) in [5, 5.41) is 8.07. The lowest BCUT2D eigenvalue weighted by Crippen LogP contribution is -2.04. The number of rotatable bonds is 2. The molecule has 1 fully saturated rings. The fourth-order valence-corrected chi connectivity index (χ4v) is 2.88. The van der Waals surface area contributed by atoms with Crippen molar-refractivity contribution in [3.05, 3.63) is 34.4 Å². The molecule has 0 atom stereocenters. The van der Waals surface area contributed by atoms with Crippen LogP contribution in [-0.4, -0.2) is 10.2 Å². The fourth-order valence-electron chi connectivity index (χ4n) is 2.52. The van der Waals surface area contributed by atoms with Crippen molar-refractivity contribution in [2.45, 2.75) is 38.0 Å². The minimum atomic E-state index is -0.345. The summed E-state index contributed by atoms with van der Waals surface area (Å²) in [5.74, 6) is 0.903. The van der Waals surface area contributed by atoms with Gasteiger partial charge in [0.25, 0.3) is 5.89 Å². The van der Waals surface area contributed by atoms with E-state index in [4.69, 9.17) is 4.42 Å². The van der Waals surface area contributed by atoms with Crippen LogP contribution < -0.4 is 0 Å². The lowest BCUT2D eigenvalue weighted by atomic mass is 9.89. The molecule has 100 valence electrons. The molecule has 1 aromatic heterocycles. The summed E-state index contributed by atoms with van der Waals surface area (Å²) in [6.45, 7) is 0. The number of halogens is 2. The number of benzene rings is 1. The molecule has 0 bridgehead atoms. The van der Waals surface area contributed by atoms with Crippen molar-refractivity contribution in [3.8, 4) is 11.5 Å². The van der Waals surface area contributed by atoms with E-state index in [0.29, 0.717) is 17.4 Å². The van der Waals surface area contributed by atoms with Gasteiger partial charge in [-0.15, -0.1) is 10.2 Å². The molecule has 0 N–H and O–H groups in total. The summed E-state index contributed by atoms with van der Waals surface area (Å²) in [4.78, 5) is 0. The summed E-state index contributed by atoms with van der Waals surface area (Å²) >= 11 is 3.32. The van der Waals surface area contributed by atoms with Crippen molar-refractivity contribution < 1.29 is 8.81 Å². The van der Waals surface area contributed by atoms with Gasteiger partial charge in [0.05, 0.1) is 5.56 Å². The van der Waals surface area contributed by atoms with Crippen LogP contribution in [0.3, 0.4) is 0 Å². The van der Waals surface area contributed by atoms with Crippen LogP contribution in [0.15, 0.2) is 27.1 Å². The first-order chi connectivity index (χ1) is 9.24. The average Bonchev–Trinajstić information content (AvgIpc) is 2.92. The Balaban J connectivity index is 1.89. The van der Waals surface area contributed by atoms with E-state index in [1.807, 2.05) is 0 Å². The maximum atomic E-state index is 13.8. The van der Waals surface area contributed by atoms with Crippen LogP contribution in [0.1, 0.15) is 43.9 Å². The molecule has 5 heteroatoms. The highest BCUT2D eigenvalue weighted by atomic mass is 79.9. The van der Waals surface area contributed by atoms with Gasteiger partial charge in [0, 0.05) is 10.4 Å². The van der Waals surface area contributed by atoms with Crippen molar-refractivity contribution in [1.82, 2.24) is 10.2 Å². The van der Waals surface area contributed by atoms with Crippen LogP contribution in [0.4, 0.5) is 4.39 Å². The van der Waals surface area contributed by atoms with Crippen LogP contribution in [-0.2, 0) is 0 Å². The van der Waals surface area contributed by atoms with Gasteiger partial charge in [-0.05, 0) is 31.0 Å². The third kappa shape index (κ3) is 2.71. The highest BCUT2D eigenvalue weighted by Gasteiger charge is 2.22. The predicted molar refractivity (Wildman–Crippen MR) is 73.2 cm³/mol. The van der Waals surface area contributed by atoms with Gasteiger partial charge in [0.15, 0.2) is 0 Å². The van der Waals surface area contributed by atoms with Crippen molar-refractivity contribution in [2.75, 3.05) is 0 Å². The quantitative estimate of drug-likeness (QED) is 0.804. The molecule has 1 saturated carbocycles. The lowest BCUT2D eigenvalue weighted by molar-refractivity contribution is 0.366. The fraction of sp³-hybridized carbons (Fsp3) is 0.429. The van der Waals surface area contributed by atoms with Crippen LogP contribution in [0.5, 0.6) is 0 Å². The lowest BCUT2D eigenvalue weighted by Gasteiger charge is -2.17. The van der Waals surface area contributed by atoms with Gasteiger partial charge in [-0.1, -0.05) is 35.2 Å².